The highest BCUT2D eigenvalue weighted by Crippen LogP contribution is 2.48. The van der Waals surface area contributed by atoms with Crippen LogP contribution in [0.5, 0.6) is 0 Å². The molecular weight excluding hydrogens is 380 g/mol. The molecule has 3 amide bonds. The number of amides is 3. The molecule has 0 aromatic heterocycles. The van der Waals surface area contributed by atoms with Gasteiger partial charge in [-0.1, -0.05) is 6.08 Å². The van der Waals surface area contributed by atoms with Gasteiger partial charge in [0.05, 0.1) is 13.0 Å². The molecule has 0 radical (unpaired) electrons. The Balaban J connectivity index is 1.69. The molecule has 4 rings (SSSR count). The van der Waals surface area contributed by atoms with E-state index in [0.29, 0.717) is 0 Å². The van der Waals surface area contributed by atoms with E-state index in [9.17, 15) is 26.8 Å². The van der Waals surface area contributed by atoms with Crippen molar-refractivity contribution in [3.05, 3.63) is 23.8 Å². The Bertz CT molecular complexity index is 947. The first kappa shape index (κ1) is 18.4. The Labute approximate surface area is 155 Å². The van der Waals surface area contributed by atoms with E-state index in [1.165, 1.54) is 25.3 Å². The molecule has 1 N–H and O–H groups in total. The van der Waals surface area contributed by atoms with Gasteiger partial charge in [-0.05, 0) is 31.9 Å². The number of nitrogens with zero attached hydrogens (tertiary/aromatic N) is 2. The standard InChI is InChI=1S/C17H20F2N3O4S/c1-16(5-6-16)20-27(25,26)11-3-4-13-12(7-11)14(23)21(2)15(24)22(13)9-10-8-17(10,18)19/h3-4,7,10-11,20H,5-6,8-9H2,1-2H3/q+1. The molecule has 2 atom stereocenters. The molecule has 0 bridgehead atoms. The van der Waals surface area contributed by atoms with Crippen LogP contribution in [0.3, 0.4) is 0 Å². The third-order valence-electron chi connectivity index (χ3n) is 5.50. The zero-order valence-corrected chi connectivity index (χ0v) is 15.7. The number of halogens is 2. The van der Waals surface area contributed by atoms with Crippen molar-refractivity contribution < 1.29 is 31.4 Å². The van der Waals surface area contributed by atoms with Gasteiger partial charge in [-0.3, -0.25) is 0 Å². The Hall–Kier alpha value is -1.94. The number of likely N-dealkylation sites (N-methyl/N-ethyl adjacent to an activating group) is 1. The van der Waals surface area contributed by atoms with E-state index in [2.05, 4.69) is 4.72 Å². The van der Waals surface area contributed by atoms with Crippen LogP contribution in [0.15, 0.2) is 23.8 Å². The van der Waals surface area contributed by atoms with Crippen LogP contribution in [-0.4, -0.2) is 65.8 Å². The van der Waals surface area contributed by atoms with E-state index in [1.807, 2.05) is 0 Å². The number of carbonyl (C=O) groups is 2. The van der Waals surface area contributed by atoms with Gasteiger partial charge in [0.1, 0.15) is 23.1 Å². The number of urea groups is 1. The third kappa shape index (κ3) is 3.14. The number of carbonyl (C=O) groups excluding carboxylic acids is 2. The van der Waals surface area contributed by atoms with Crippen molar-refractivity contribution in [2.45, 2.75) is 42.9 Å². The number of imide groups is 1. The minimum atomic E-state index is -3.75. The summed E-state index contributed by atoms with van der Waals surface area (Å²) in [6.45, 7) is 1.59. The van der Waals surface area contributed by atoms with Crippen LogP contribution in [0.2, 0.25) is 0 Å². The summed E-state index contributed by atoms with van der Waals surface area (Å²) < 4.78 is 55.6. The smallest absolute Gasteiger partial charge is 0.241 e. The van der Waals surface area contributed by atoms with Crippen molar-refractivity contribution in [2.24, 2.45) is 5.92 Å². The summed E-state index contributed by atoms with van der Waals surface area (Å²) in [7, 11) is -2.50. The zero-order valence-electron chi connectivity index (χ0n) is 14.9. The summed E-state index contributed by atoms with van der Waals surface area (Å²) in [5.74, 6) is -4.40. The van der Waals surface area contributed by atoms with Crippen LogP contribution in [-0.2, 0) is 14.8 Å². The van der Waals surface area contributed by atoms with E-state index in [1.54, 1.807) is 6.92 Å². The van der Waals surface area contributed by atoms with Gasteiger partial charge in [0.25, 0.3) is 5.92 Å². The van der Waals surface area contributed by atoms with Crippen molar-refractivity contribution in [3.63, 3.8) is 0 Å². The van der Waals surface area contributed by atoms with Crippen molar-refractivity contribution in [3.8, 4) is 0 Å². The predicted molar refractivity (Wildman–Crippen MR) is 92.1 cm³/mol. The van der Waals surface area contributed by atoms with Crippen molar-refractivity contribution >= 4 is 27.7 Å². The zero-order chi connectivity index (χ0) is 19.8. The number of nitrogens with one attached hydrogen (secondary N) is 1. The van der Waals surface area contributed by atoms with Crippen LogP contribution in [0.1, 0.15) is 26.2 Å². The normalized spacial score (nSPS) is 31.0. The van der Waals surface area contributed by atoms with E-state index in [0.717, 1.165) is 22.3 Å². The second-order valence-electron chi connectivity index (χ2n) is 7.92. The SMILES string of the molecule is CN1C(=O)C2=CC(S(=O)(=O)NC3(C)CC3)C=CC2=[N+](CC2CC2(F)F)C1=O. The second kappa shape index (κ2) is 5.54. The van der Waals surface area contributed by atoms with Crippen LogP contribution in [0.4, 0.5) is 13.6 Å². The van der Waals surface area contributed by atoms with Crippen LogP contribution in [0.25, 0.3) is 0 Å². The highest BCUT2D eigenvalue weighted by Gasteiger charge is 2.59. The van der Waals surface area contributed by atoms with Gasteiger partial charge < -0.3 is 0 Å². The van der Waals surface area contributed by atoms with E-state index in [4.69, 9.17) is 0 Å². The molecule has 0 aromatic carbocycles. The average molecular weight is 400 g/mol. The molecule has 2 saturated carbocycles. The minimum Gasteiger partial charge on any atom is -0.241 e. The van der Waals surface area contributed by atoms with Gasteiger partial charge in [0.15, 0.2) is 0 Å². The molecule has 146 valence electrons. The molecule has 2 unspecified atom stereocenters. The summed E-state index contributed by atoms with van der Waals surface area (Å²) in [6, 6.07) is -0.690. The monoisotopic (exact) mass is 400 g/mol. The van der Waals surface area contributed by atoms with Crippen LogP contribution < -0.4 is 4.72 Å². The quantitative estimate of drug-likeness (QED) is 0.699. The Morgan fingerprint density at radius 1 is 1.33 bits per heavy atom. The maximum atomic E-state index is 13.3. The highest BCUT2D eigenvalue weighted by atomic mass is 32.2. The molecule has 7 nitrogen and oxygen atoms in total. The van der Waals surface area contributed by atoms with Crippen molar-refractivity contribution in [2.75, 3.05) is 13.6 Å². The lowest BCUT2D eigenvalue weighted by Gasteiger charge is -2.25. The third-order valence-corrected chi connectivity index (χ3v) is 7.29. The Morgan fingerprint density at radius 3 is 2.52 bits per heavy atom. The Morgan fingerprint density at radius 2 is 1.96 bits per heavy atom. The molecule has 27 heavy (non-hydrogen) atoms. The number of hydrogen-bond acceptors (Lipinski definition) is 4. The molecule has 1 aliphatic heterocycles. The molecule has 0 aromatic rings. The number of rotatable bonds is 5. The van der Waals surface area contributed by atoms with E-state index < -0.39 is 44.6 Å². The fourth-order valence-corrected chi connectivity index (χ4v) is 4.94. The van der Waals surface area contributed by atoms with Crippen LogP contribution >= 0.6 is 0 Å². The first-order chi connectivity index (χ1) is 12.4. The number of fused-ring (bicyclic) bond motifs is 1. The maximum Gasteiger partial charge on any atom is 0.501 e. The summed E-state index contributed by atoms with van der Waals surface area (Å²) in [5, 5.41) is -1.07. The molecule has 3 aliphatic carbocycles. The van der Waals surface area contributed by atoms with Gasteiger partial charge >= 0.3 is 11.9 Å². The topological polar surface area (TPSA) is 86.6 Å². The van der Waals surface area contributed by atoms with Gasteiger partial charge in [0.2, 0.25) is 10.0 Å². The molecule has 1 heterocycles. The molecule has 2 fully saturated rings. The van der Waals surface area contributed by atoms with Gasteiger partial charge in [0, 0.05) is 12.0 Å². The predicted octanol–water partition coefficient (Wildman–Crippen LogP) is 1.02. The second-order valence-corrected chi connectivity index (χ2v) is 9.75. The van der Waals surface area contributed by atoms with Crippen molar-refractivity contribution in [1.29, 1.82) is 0 Å². The summed E-state index contributed by atoms with van der Waals surface area (Å²) in [6.07, 6.45) is 5.22. The fourth-order valence-electron chi connectivity index (χ4n) is 3.31. The first-order valence-electron chi connectivity index (χ1n) is 8.71. The molecule has 10 heteroatoms. The van der Waals surface area contributed by atoms with Gasteiger partial charge in [-0.2, -0.15) is 14.3 Å². The number of sulfonamides is 1. The lowest BCUT2D eigenvalue weighted by molar-refractivity contribution is -0.441. The Kier molecular flexibility index (Phi) is 3.78. The fraction of sp³-hybridized carbons (Fsp3) is 0.588. The first-order valence-corrected chi connectivity index (χ1v) is 10.3. The summed E-state index contributed by atoms with van der Waals surface area (Å²) in [5.41, 5.74) is -0.239. The van der Waals surface area contributed by atoms with E-state index >= 15 is 0 Å². The molecule has 0 saturated heterocycles. The number of hydrogen-bond donors (Lipinski definition) is 1. The molecule has 0 spiro atoms. The largest absolute Gasteiger partial charge is 0.501 e. The van der Waals surface area contributed by atoms with E-state index in [-0.39, 0.29) is 24.3 Å². The van der Waals surface area contributed by atoms with Crippen LogP contribution in [0, 0.1) is 5.92 Å². The van der Waals surface area contributed by atoms with Crippen molar-refractivity contribution in [1.82, 2.24) is 9.62 Å². The lowest BCUT2D eigenvalue weighted by atomic mass is 10.00. The average Bonchev–Trinajstić information content (AvgIpc) is 3.46. The van der Waals surface area contributed by atoms with Gasteiger partial charge in [-0.25, -0.2) is 26.7 Å². The van der Waals surface area contributed by atoms with Gasteiger partial charge in [-0.15, -0.1) is 0 Å². The maximum absolute atomic E-state index is 13.3. The highest BCUT2D eigenvalue weighted by molar-refractivity contribution is 7.90. The minimum absolute atomic E-state index is 0.0416. The molecular formula is C17H20F2N3O4S+. The number of alkyl halides is 2. The number of allylic oxidation sites excluding steroid dienone is 1. The summed E-state index contributed by atoms with van der Waals surface area (Å²) in [4.78, 5) is 25.7. The molecule has 4 aliphatic rings. The summed E-state index contributed by atoms with van der Waals surface area (Å²) >= 11 is 0. The lowest BCUT2D eigenvalue weighted by Crippen LogP contribution is -2.51.